The molecule has 14 nitrogen and oxygen atoms in total. The molecule has 4 heterocycles. The third-order valence-corrected chi connectivity index (χ3v) is 11.8. The maximum absolute atomic E-state index is 13.7. The Morgan fingerprint density at radius 3 is 1.61 bits per heavy atom. The van der Waals surface area contributed by atoms with Crippen LogP contribution in [0.5, 0.6) is 23.0 Å². The average Bonchev–Trinajstić information content (AvgIpc) is 3.38. The summed E-state index contributed by atoms with van der Waals surface area (Å²) < 4.78 is 17.4. The third kappa shape index (κ3) is 12.1. The largest absolute Gasteiger partial charge is 0.456 e. The number of carbonyl (C=O) groups is 1. The van der Waals surface area contributed by atoms with Crippen LogP contribution >= 0.6 is 0 Å². The van der Waals surface area contributed by atoms with E-state index < -0.39 is 17.4 Å². The molecule has 1 N–H and O–H groups in total. The normalized spacial score (nSPS) is 11.5. The Morgan fingerprint density at radius 1 is 0.586 bits per heavy atom. The van der Waals surface area contributed by atoms with E-state index in [1.54, 1.807) is 50.6 Å². The molecule has 1 unspecified atom stereocenters. The molecule has 0 radical (unpaired) electrons. The average molecular weight is 947 g/mol. The van der Waals surface area contributed by atoms with Crippen molar-refractivity contribution < 1.29 is 19.4 Å². The van der Waals surface area contributed by atoms with Crippen LogP contribution in [0, 0.1) is 0 Å². The highest BCUT2D eigenvalue weighted by molar-refractivity contribution is 5.82. The smallest absolute Gasteiger partial charge is 0.332 e. The van der Waals surface area contributed by atoms with Crippen molar-refractivity contribution in [2.24, 2.45) is 14.1 Å². The number of aldehydes is 1. The number of nitrogens with zero attached hydrogens (tertiary/aromatic N) is 6. The number of unbranched alkanes of at least 4 members (excludes halogenated alkanes) is 2. The number of aryl methyl sites for hydroxylation is 2. The summed E-state index contributed by atoms with van der Waals surface area (Å²) in [7, 11) is 3.22. The number of benzene rings is 4. The zero-order chi connectivity index (χ0) is 50.5. The Labute approximate surface area is 407 Å². The van der Waals surface area contributed by atoms with Gasteiger partial charge in [-0.15, -0.1) is 0 Å². The summed E-state index contributed by atoms with van der Waals surface area (Å²) in [5.74, 6) is 2.72. The number of rotatable bonds is 15. The van der Waals surface area contributed by atoms with Crippen LogP contribution in [0.2, 0.25) is 0 Å². The van der Waals surface area contributed by atoms with Crippen LogP contribution in [0.15, 0.2) is 147 Å². The Kier molecular flexibility index (Phi) is 17.7. The minimum absolute atomic E-state index is 0.178. The summed E-state index contributed by atoms with van der Waals surface area (Å²) >= 11 is 0. The lowest BCUT2D eigenvalue weighted by Crippen LogP contribution is -2.40. The predicted octanol–water partition coefficient (Wildman–Crippen LogP) is 10.2. The molecule has 1 atom stereocenters. The lowest BCUT2D eigenvalue weighted by Gasteiger charge is -2.20. The minimum atomic E-state index is -1.16. The van der Waals surface area contributed by atoms with Gasteiger partial charge < -0.3 is 14.6 Å². The molecule has 0 aliphatic rings. The fourth-order valence-electron chi connectivity index (χ4n) is 7.73. The molecular weight excluding hydrogens is 885 g/mol. The van der Waals surface area contributed by atoms with Gasteiger partial charge in [0.2, 0.25) is 0 Å². The Morgan fingerprint density at radius 2 is 1.09 bits per heavy atom. The molecule has 0 saturated heterocycles. The zero-order valence-electron chi connectivity index (χ0n) is 41.2. The second kappa shape index (κ2) is 24.0. The molecule has 8 aromatic rings. The standard InChI is InChI=1S/C28H31N3O4.C21H25N3O3.C7H6O/c1-5-6-15-31-27(33)24-23(25(32)19-11-8-7-9-12-19)22(17-29-26(24)30(4)28(31)34)35-21-14-10-13-20(16-21)18(2)3;1-5-6-10-24-20(25)18-12-17(13-22-19(18)23(4)21(24)26)27-16-9-7-8-15(11-16)14(2)3;8-6-7-4-2-1-3-5-7/h7-14,16-18,25,32H,5-6,15H2,1-4H3;7-9,11-14H,5-6,10H2,1-4H3;1-6H. The number of fused-ring (bicyclic) bond motifs is 2. The monoisotopic (exact) mass is 946 g/mol. The lowest BCUT2D eigenvalue weighted by atomic mass is 9.98. The first kappa shape index (κ1) is 51.7. The van der Waals surface area contributed by atoms with Gasteiger partial charge in [-0.1, -0.05) is 139 Å². The first-order valence-electron chi connectivity index (χ1n) is 23.7. The van der Waals surface area contributed by atoms with Gasteiger partial charge in [-0.3, -0.25) is 32.7 Å². The van der Waals surface area contributed by atoms with Crippen molar-refractivity contribution in [1.29, 1.82) is 0 Å². The second-order valence-corrected chi connectivity index (χ2v) is 17.6. The molecular formula is C56H62N6O8. The van der Waals surface area contributed by atoms with Gasteiger partial charge in [-0.2, -0.15) is 0 Å². The van der Waals surface area contributed by atoms with Crippen molar-refractivity contribution in [3.8, 4) is 23.0 Å². The van der Waals surface area contributed by atoms with Gasteiger partial charge in [-0.25, -0.2) is 19.6 Å². The number of aliphatic hydroxyl groups excluding tert-OH is 1. The molecule has 8 rings (SSSR count). The first-order chi connectivity index (χ1) is 33.7. The summed E-state index contributed by atoms with van der Waals surface area (Å²) in [6, 6.07) is 35.4. The molecule has 4 aromatic heterocycles. The van der Waals surface area contributed by atoms with Gasteiger partial charge in [0, 0.05) is 38.3 Å². The fraction of sp³-hybridized carbons (Fsp3) is 0.304. The molecule has 70 heavy (non-hydrogen) atoms. The van der Waals surface area contributed by atoms with E-state index in [1.807, 2.05) is 92.7 Å². The van der Waals surface area contributed by atoms with Crippen molar-refractivity contribution in [2.75, 3.05) is 0 Å². The topological polar surface area (TPSA) is 170 Å². The predicted molar refractivity (Wildman–Crippen MR) is 276 cm³/mol. The van der Waals surface area contributed by atoms with Crippen LogP contribution in [0.25, 0.3) is 22.1 Å². The maximum atomic E-state index is 13.7. The summed E-state index contributed by atoms with van der Waals surface area (Å²) in [5, 5.41) is 12.1. The van der Waals surface area contributed by atoms with E-state index in [0.717, 1.165) is 36.7 Å². The quantitative estimate of drug-likeness (QED) is 0.0976. The SMILES string of the molecule is CCCCn1c(=O)c2c(C(O)c3ccccc3)c(Oc3cccc(C(C)C)c3)cnc2n(C)c1=O.CCCCn1c(=O)c2cc(Oc3cccc(C(C)C)c3)cnc2n(C)c1=O.O=Cc1ccccc1. The Bertz CT molecular complexity index is 3300. The molecule has 14 heteroatoms. The summed E-state index contributed by atoms with van der Waals surface area (Å²) in [4.78, 5) is 70.6. The van der Waals surface area contributed by atoms with E-state index in [1.165, 1.54) is 30.0 Å². The molecule has 0 aliphatic carbocycles. The number of pyridine rings is 2. The minimum Gasteiger partial charge on any atom is -0.456 e. The van der Waals surface area contributed by atoms with E-state index in [4.69, 9.17) is 9.47 Å². The molecule has 0 bridgehead atoms. The van der Waals surface area contributed by atoms with E-state index >= 15 is 0 Å². The van der Waals surface area contributed by atoms with Crippen molar-refractivity contribution in [3.05, 3.63) is 197 Å². The van der Waals surface area contributed by atoms with Gasteiger partial charge in [0.1, 0.15) is 40.9 Å². The van der Waals surface area contributed by atoms with E-state index in [9.17, 15) is 29.1 Å². The van der Waals surface area contributed by atoms with E-state index in [-0.39, 0.29) is 28.0 Å². The van der Waals surface area contributed by atoms with Crippen LogP contribution in [-0.2, 0) is 27.2 Å². The van der Waals surface area contributed by atoms with Gasteiger partial charge >= 0.3 is 11.4 Å². The van der Waals surface area contributed by atoms with Gasteiger partial charge in [-0.05, 0) is 71.7 Å². The number of carbonyl (C=O) groups excluding carboxylic acids is 1. The third-order valence-electron chi connectivity index (χ3n) is 11.8. The molecule has 0 fully saturated rings. The molecule has 4 aromatic carbocycles. The van der Waals surface area contributed by atoms with Crippen LogP contribution < -0.4 is 32.0 Å². The lowest BCUT2D eigenvalue weighted by molar-refractivity contribution is 0.112. The number of hydrogen-bond donors (Lipinski definition) is 1. The number of hydrogen-bond acceptors (Lipinski definition) is 10. The molecule has 0 spiro atoms. The van der Waals surface area contributed by atoms with Crippen molar-refractivity contribution >= 4 is 28.4 Å². The number of ether oxygens (including phenoxy) is 2. The highest BCUT2D eigenvalue weighted by Gasteiger charge is 2.26. The highest BCUT2D eigenvalue weighted by atomic mass is 16.5. The number of aliphatic hydroxyl groups is 1. The van der Waals surface area contributed by atoms with Gasteiger partial charge in [0.25, 0.3) is 11.1 Å². The van der Waals surface area contributed by atoms with Crippen LogP contribution in [0.3, 0.4) is 0 Å². The summed E-state index contributed by atoms with van der Waals surface area (Å²) in [5.41, 5.74) is 2.90. The summed E-state index contributed by atoms with van der Waals surface area (Å²) in [6.07, 6.45) is 5.88. The van der Waals surface area contributed by atoms with Crippen LogP contribution in [0.4, 0.5) is 0 Å². The fourth-order valence-corrected chi connectivity index (χ4v) is 7.73. The van der Waals surface area contributed by atoms with Crippen molar-refractivity contribution in [3.63, 3.8) is 0 Å². The van der Waals surface area contributed by atoms with Gasteiger partial charge in [0.15, 0.2) is 5.75 Å². The van der Waals surface area contributed by atoms with Crippen molar-refractivity contribution in [2.45, 2.75) is 98.3 Å². The van der Waals surface area contributed by atoms with E-state index in [2.05, 4.69) is 43.7 Å². The first-order valence-corrected chi connectivity index (χ1v) is 23.7. The van der Waals surface area contributed by atoms with E-state index in [0.29, 0.717) is 70.8 Å². The molecule has 0 amide bonds. The number of aromatic nitrogens is 6. The highest BCUT2D eigenvalue weighted by Crippen LogP contribution is 2.37. The van der Waals surface area contributed by atoms with Crippen LogP contribution in [0.1, 0.15) is 118 Å². The summed E-state index contributed by atoms with van der Waals surface area (Å²) in [6.45, 7) is 13.2. The molecule has 0 saturated carbocycles. The second-order valence-electron chi connectivity index (χ2n) is 17.6. The zero-order valence-corrected chi connectivity index (χ0v) is 41.2. The molecule has 0 aliphatic heterocycles. The Balaban J connectivity index is 0.000000202. The molecule has 364 valence electrons. The van der Waals surface area contributed by atoms with Crippen LogP contribution in [-0.4, -0.2) is 39.6 Å². The maximum Gasteiger partial charge on any atom is 0.332 e. The van der Waals surface area contributed by atoms with Gasteiger partial charge in [0.05, 0.1) is 23.2 Å². The Hall–Kier alpha value is -7.71. The van der Waals surface area contributed by atoms with Crippen molar-refractivity contribution in [1.82, 2.24) is 28.2 Å².